The van der Waals surface area contributed by atoms with Crippen molar-refractivity contribution in [2.45, 2.75) is 25.4 Å². The summed E-state index contributed by atoms with van der Waals surface area (Å²) < 4.78 is 61.6. The number of nitrogens with zero attached hydrogens (tertiary/aromatic N) is 9. The van der Waals surface area contributed by atoms with Crippen LogP contribution in [0.1, 0.15) is 22.6 Å². The number of rotatable bonds is 20. The van der Waals surface area contributed by atoms with E-state index in [2.05, 4.69) is 175 Å². The normalized spacial score (nSPS) is 11.6. The van der Waals surface area contributed by atoms with E-state index in [-0.39, 0.29) is 83.3 Å². The fourth-order valence-corrected chi connectivity index (χ4v) is 11.9. The first-order valence-electron chi connectivity index (χ1n) is 25.0. The second kappa shape index (κ2) is 29.1. The number of aromatic nitrogens is 2. The summed E-state index contributed by atoms with van der Waals surface area (Å²) in [5.41, 5.74) is 8.07. The van der Waals surface area contributed by atoms with Crippen LogP contribution in [0.2, 0.25) is 0 Å². The van der Waals surface area contributed by atoms with Crippen molar-refractivity contribution in [3.8, 4) is 5.75 Å². The van der Waals surface area contributed by atoms with E-state index in [1.54, 1.807) is 10.8 Å². The molecule has 0 unspecified atom stereocenters. The van der Waals surface area contributed by atoms with E-state index in [0.717, 1.165) is 22.7 Å². The number of halogens is 5. The molecule has 0 bridgehead atoms. The van der Waals surface area contributed by atoms with Crippen LogP contribution < -0.4 is 34.2 Å². The number of hydrogen-bond donors (Lipinski definition) is 3. The van der Waals surface area contributed by atoms with Crippen LogP contribution in [-0.4, -0.2) is 90.6 Å². The van der Waals surface area contributed by atoms with Gasteiger partial charge in [-0.25, -0.2) is 31.6 Å². The smallest absolute Gasteiger partial charge is 0.344 e. The molecule has 85 heavy (non-hydrogen) atoms. The summed E-state index contributed by atoms with van der Waals surface area (Å²) in [5, 5.41) is 23.7. The van der Waals surface area contributed by atoms with Gasteiger partial charge in [0.05, 0.1) is 32.5 Å². The van der Waals surface area contributed by atoms with Gasteiger partial charge in [0.2, 0.25) is 4.84 Å². The van der Waals surface area contributed by atoms with Crippen molar-refractivity contribution < 1.29 is 31.2 Å². The van der Waals surface area contributed by atoms with Crippen molar-refractivity contribution in [1.29, 1.82) is 0 Å². The van der Waals surface area contributed by atoms with Gasteiger partial charge >= 0.3 is 5.97 Å². The molecule has 2 aromatic heterocycles. The van der Waals surface area contributed by atoms with Gasteiger partial charge in [0, 0.05) is 99.2 Å². The van der Waals surface area contributed by atoms with Gasteiger partial charge in [0.1, 0.15) is 5.69 Å². The zero-order valence-corrected chi connectivity index (χ0v) is 52.9. The molecule has 0 saturated heterocycles. The van der Waals surface area contributed by atoms with Crippen LogP contribution in [-0.2, 0) is 29.6 Å². The van der Waals surface area contributed by atoms with Crippen molar-refractivity contribution in [3.63, 3.8) is 0 Å². The first kappa shape index (κ1) is 65.1. The van der Waals surface area contributed by atoms with E-state index < -0.39 is 41.6 Å². The first-order chi connectivity index (χ1) is 40.1. The van der Waals surface area contributed by atoms with Gasteiger partial charge in [-0.3, -0.25) is 14.2 Å². The number of anilines is 6. The summed E-state index contributed by atoms with van der Waals surface area (Å²) in [6.07, 6.45) is 2.92. The molecule has 0 aliphatic carbocycles. The molecule has 28 heteroatoms. The van der Waals surface area contributed by atoms with Crippen LogP contribution >= 0.6 is 81.5 Å². The summed E-state index contributed by atoms with van der Waals surface area (Å²) in [6, 6.07) is 43.4. The molecule has 1 amide bonds. The summed E-state index contributed by atoms with van der Waals surface area (Å²) in [4.78, 5) is 36.4. The standard InChI is InChI=1S/C32H21Cl4N9O7S4.C25H31N3.ClH/c33-27(34)29(46)39-22-3-1-2-21-25(22)23(42-40-17-4-8-19(9-5-17)55(48,49)44-31-37-12-14-53-31)16-24(26(21)52-30(47)28(35)36)43-41-18-6-10-20(11-7-18)56(50,51)45-32-38-13-15-54-32;1-26(2)22-13-7-19(8-14-22)25(20-9-15-23(16-10-20)27(3)4)21-11-17-24(18-12-21)28(5)6;/h1-16,27-28H,(H,37,44)(H,38,45)(H,39,46);7-18,25H,1-6H3;1H. The van der Waals surface area contributed by atoms with Crippen LogP contribution in [0.5, 0.6) is 5.75 Å². The van der Waals surface area contributed by atoms with Gasteiger partial charge in [-0.05, 0) is 114 Å². The maximum atomic E-state index is 12.8. The van der Waals surface area contributed by atoms with E-state index in [9.17, 15) is 26.4 Å². The van der Waals surface area contributed by atoms with Crippen molar-refractivity contribution in [2.24, 2.45) is 20.5 Å². The number of ether oxygens (including phenoxy) is 1. The molecule has 0 aliphatic rings. The van der Waals surface area contributed by atoms with Crippen molar-refractivity contribution in [2.75, 3.05) is 71.7 Å². The minimum absolute atomic E-state index is 0. The summed E-state index contributed by atoms with van der Waals surface area (Å²) >= 11 is 25.5. The Labute approximate surface area is 525 Å². The van der Waals surface area contributed by atoms with Gasteiger partial charge in [0.15, 0.2) is 20.8 Å². The Morgan fingerprint density at radius 3 is 1.32 bits per heavy atom. The highest BCUT2D eigenvalue weighted by molar-refractivity contribution is 7.93. The van der Waals surface area contributed by atoms with Crippen molar-refractivity contribution in [1.82, 2.24) is 9.97 Å². The second-order valence-electron chi connectivity index (χ2n) is 18.6. The number of azo groups is 2. The van der Waals surface area contributed by atoms with Crippen LogP contribution in [0, 0.1) is 0 Å². The molecular formula is C57H53Cl5N12O7S4. The Balaban J connectivity index is 0.000000299. The maximum absolute atomic E-state index is 12.8. The third kappa shape index (κ3) is 16.9. The van der Waals surface area contributed by atoms with E-state index >= 15 is 0 Å². The van der Waals surface area contributed by atoms with Crippen LogP contribution in [0.15, 0.2) is 199 Å². The van der Waals surface area contributed by atoms with Gasteiger partial charge in [0.25, 0.3) is 26.0 Å². The number of amides is 1. The zero-order valence-electron chi connectivity index (χ0n) is 45.8. The predicted molar refractivity (Wildman–Crippen MR) is 347 cm³/mol. The molecule has 9 aromatic rings. The molecule has 3 N–H and O–H groups in total. The highest BCUT2D eigenvalue weighted by Gasteiger charge is 2.25. The fraction of sp³-hybridized carbons (Fsp3) is 0.158. The number of thiazole rings is 2. The predicted octanol–water partition coefficient (Wildman–Crippen LogP) is 15.1. The third-order valence-corrected chi connectivity index (χ3v) is 17.4. The van der Waals surface area contributed by atoms with E-state index in [0.29, 0.717) is 0 Å². The van der Waals surface area contributed by atoms with E-state index in [1.165, 1.54) is 119 Å². The highest BCUT2D eigenvalue weighted by atomic mass is 35.5. The fourth-order valence-electron chi connectivity index (χ4n) is 8.09. The van der Waals surface area contributed by atoms with Crippen molar-refractivity contribution >= 4 is 180 Å². The largest absolute Gasteiger partial charge is 0.421 e. The third-order valence-electron chi connectivity index (χ3n) is 12.3. The Morgan fingerprint density at radius 1 is 0.541 bits per heavy atom. The second-order valence-corrected chi connectivity index (χ2v) is 26.0. The lowest BCUT2D eigenvalue weighted by atomic mass is 9.85. The first-order valence-corrected chi connectivity index (χ1v) is 31.4. The molecule has 9 rings (SSSR count). The van der Waals surface area contributed by atoms with Crippen molar-refractivity contribution in [3.05, 3.63) is 185 Å². The van der Waals surface area contributed by atoms with Crippen LogP contribution in [0.3, 0.4) is 0 Å². The van der Waals surface area contributed by atoms with Crippen LogP contribution in [0.4, 0.5) is 55.8 Å². The molecule has 0 saturated carbocycles. The maximum Gasteiger partial charge on any atom is 0.344 e. The number of fused-ring (bicyclic) bond motifs is 1. The average Bonchev–Trinajstić information content (AvgIpc) is 3.09. The SMILES string of the molecule is CN(C)c1ccc(C(c2ccc(N(C)C)cc2)c2ccc(N(C)C)cc2)cc1.Cl.O=C(Nc1cccc2c(OC(=O)C(Cl)Cl)c(N=Nc3ccc(S(=O)(=O)Nc4nccs4)cc3)cc(N=Nc3ccc(S(=O)(=O)Nc4nccs4)cc3)c12)C(Cl)Cl. The number of sulfonamides is 2. The quantitative estimate of drug-likeness (QED) is 0.0213. The Morgan fingerprint density at radius 2 is 0.953 bits per heavy atom. The monoisotopic (exact) mass is 1320 g/mol. The molecule has 7 aromatic carbocycles. The molecule has 0 radical (unpaired) electrons. The van der Waals surface area contributed by atoms with Gasteiger partial charge in [-0.1, -0.05) is 94.9 Å². The summed E-state index contributed by atoms with van der Waals surface area (Å²) in [6.45, 7) is 0. The molecule has 0 spiro atoms. The molecular weight excluding hydrogens is 1270 g/mol. The van der Waals surface area contributed by atoms with Crippen LogP contribution in [0.25, 0.3) is 10.8 Å². The summed E-state index contributed by atoms with van der Waals surface area (Å²) in [7, 11) is 4.55. The van der Waals surface area contributed by atoms with Gasteiger partial charge in [-0.15, -0.1) is 45.3 Å². The summed E-state index contributed by atoms with van der Waals surface area (Å²) in [5.74, 6) is -1.84. The molecule has 19 nitrogen and oxygen atoms in total. The Kier molecular flexibility index (Phi) is 22.3. The molecule has 0 atom stereocenters. The number of hydrogen-bond acceptors (Lipinski definition) is 18. The molecule has 442 valence electrons. The number of alkyl halides is 4. The Bertz CT molecular complexity index is 3890. The highest BCUT2D eigenvalue weighted by Crippen LogP contribution is 2.46. The lowest BCUT2D eigenvalue weighted by Gasteiger charge is -2.22. The molecule has 0 fully saturated rings. The number of nitrogens with one attached hydrogen (secondary N) is 3. The minimum atomic E-state index is -3.95. The topological polar surface area (TPSA) is 233 Å². The number of carbonyl (C=O) groups is 2. The van der Waals surface area contributed by atoms with Gasteiger partial charge < -0.3 is 24.8 Å². The van der Waals surface area contributed by atoms with Gasteiger partial charge in [-0.2, -0.15) is 10.2 Å². The van der Waals surface area contributed by atoms with E-state index in [4.69, 9.17) is 51.1 Å². The minimum Gasteiger partial charge on any atom is -0.421 e. The lowest BCUT2D eigenvalue weighted by molar-refractivity contribution is -0.132. The lowest BCUT2D eigenvalue weighted by Crippen LogP contribution is -2.19. The Hall–Kier alpha value is -7.45. The molecule has 0 aliphatic heterocycles. The zero-order chi connectivity index (χ0) is 60.3. The molecule has 2 heterocycles. The number of carbonyl (C=O) groups excluding carboxylic acids is 2. The number of esters is 1. The number of benzene rings is 7. The average molecular weight is 1320 g/mol. The van der Waals surface area contributed by atoms with E-state index in [1.807, 2.05) is 0 Å².